The average Bonchev–Trinajstić information content (AvgIpc) is 2.98. The predicted octanol–water partition coefficient (Wildman–Crippen LogP) is 11.1. The molecule has 0 heterocycles. The van der Waals surface area contributed by atoms with Crippen molar-refractivity contribution in [2.45, 2.75) is 112 Å². The molecule has 1 N–H and O–H groups in total. The third-order valence-electron chi connectivity index (χ3n) is 8.39. The van der Waals surface area contributed by atoms with E-state index in [-0.39, 0.29) is 18.3 Å². The topological polar surface area (TPSA) is 38.7 Å². The summed E-state index contributed by atoms with van der Waals surface area (Å²) in [6, 6.07) is 4.60. The van der Waals surface area contributed by atoms with Crippen LogP contribution in [0.3, 0.4) is 0 Å². The van der Waals surface area contributed by atoms with Gasteiger partial charge in [0.1, 0.15) is 12.4 Å². The largest absolute Gasteiger partial charge is 0.491 e. The van der Waals surface area contributed by atoms with Gasteiger partial charge in [0.15, 0.2) is 8.32 Å². The Morgan fingerprint density at radius 2 is 1.04 bits per heavy atom. The van der Waals surface area contributed by atoms with Gasteiger partial charge in [0.25, 0.3) is 0 Å². The first kappa shape index (κ1) is 45.7. The molecule has 292 valence electrons. The Bertz CT molecular complexity index is 1260. The Hall–Kier alpha value is -2.29. The van der Waals surface area contributed by atoms with Crippen LogP contribution < -0.4 is 4.74 Å². The van der Waals surface area contributed by atoms with Gasteiger partial charge in [-0.3, -0.25) is 0 Å². The van der Waals surface area contributed by atoms with Gasteiger partial charge in [-0.1, -0.05) is 52.8 Å². The van der Waals surface area contributed by atoms with Crippen molar-refractivity contribution in [2.24, 2.45) is 5.92 Å². The van der Waals surface area contributed by atoms with Gasteiger partial charge < -0.3 is 14.3 Å². The SMILES string of the molecule is C=C[C@H](C)[C@H](O)c1ccc(OCCO[Si](CCC(F)(F)C(F)(F)C(F)(F)C(F)(F)C(F)(F)C(F)(F)C(F)(F)C(F)(F)F)(C(C)C)C(C)C)cc1. The van der Waals surface area contributed by atoms with Crippen LogP contribution >= 0.6 is 0 Å². The zero-order chi connectivity index (χ0) is 39.7. The van der Waals surface area contributed by atoms with E-state index in [2.05, 4.69) is 6.58 Å². The number of ether oxygens (including phenoxy) is 1. The van der Waals surface area contributed by atoms with Crippen LogP contribution in [0.25, 0.3) is 0 Å². The molecule has 21 heteroatoms. The first-order chi connectivity index (χ1) is 22.2. The van der Waals surface area contributed by atoms with Crippen LogP contribution in [0.5, 0.6) is 5.75 Å². The highest BCUT2D eigenvalue weighted by Gasteiger charge is 2.95. The van der Waals surface area contributed by atoms with E-state index < -0.39 is 92.2 Å². The lowest BCUT2D eigenvalue weighted by Gasteiger charge is -2.44. The third-order valence-corrected chi connectivity index (χ3v) is 14.1. The molecule has 2 atom stereocenters. The fourth-order valence-corrected chi connectivity index (χ4v) is 9.41. The normalized spacial score (nSPS) is 16.2. The molecule has 0 bridgehead atoms. The number of rotatable bonds is 19. The quantitative estimate of drug-likeness (QED) is 0.0657. The second-order valence-electron chi connectivity index (χ2n) is 12.2. The Balaban J connectivity index is 3.30. The van der Waals surface area contributed by atoms with Gasteiger partial charge in [-0.25, -0.2) is 0 Å². The molecule has 3 nitrogen and oxygen atoms in total. The Morgan fingerprint density at radius 1 is 0.640 bits per heavy atom. The van der Waals surface area contributed by atoms with Gasteiger partial charge in [0.05, 0.1) is 12.7 Å². The van der Waals surface area contributed by atoms with E-state index in [0.717, 1.165) is 0 Å². The van der Waals surface area contributed by atoms with Crippen molar-refractivity contribution in [3.05, 3.63) is 42.5 Å². The van der Waals surface area contributed by atoms with Gasteiger partial charge in [-0.05, 0) is 34.8 Å². The van der Waals surface area contributed by atoms with E-state index in [9.17, 15) is 79.7 Å². The van der Waals surface area contributed by atoms with Crippen molar-refractivity contribution in [3.8, 4) is 5.75 Å². The fourth-order valence-electron chi connectivity index (χ4n) is 4.94. The number of aliphatic hydroxyl groups excluding tert-OH is 1. The molecular formula is C29H35F17O3Si. The zero-order valence-corrected chi connectivity index (χ0v) is 27.9. The Kier molecular flexibility index (Phi) is 13.7. The lowest BCUT2D eigenvalue weighted by molar-refractivity contribution is -0.461. The molecule has 0 fully saturated rings. The summed E-state index contributed by atoms with van der Waals surface area (Å²) < 4.78 is 244. The van der Waals surface area contributed by atoms with Crippen LogP contribution in [-0.2, 0) is 4.43 Å². The summed E-state index contributed by atoms with van der Waals surface area (Å²) in [6.07, 6.45) is -9.72. The number of alkyl halides is 17. The minimum absolute atomic E-state index is 0.210. The number of halogens is 17. The Morgan fingerprint density at radius 3 is 1.42 bits per heavy atom. The average molecular weight is 783 g/mol. The molecule has 0 saturated carbocycles. The first-order valence-electron chi connectivity index (χ1n) is 14.6. The molecule has 0 aliphatic carbocycles. The zero-order valence-electron chi connectivity index (χ0n) is 26.9. The molecule has 0 aromatic heterocycles. The molecule has 0 aliphatic rings. The summed E-state index contributed by atoms with van der Waals surface area (Å²) in [5.41, 5.74) is -1.16. The van der Waals surface area contributed by atoms with E-state index in [1.165, 1.54) is 58.0 Å². The summed E-state index contributed by atoms with van der Waals surface area (Å²) in [6.45, 7) is 9.83. The minimum Gasteiger partial charge on any atom is -0.491 e. The number of hydrogen-bond donors (Lipinski definition) is 1. The molecular weight excluding hydrogens is 747 g/mol. The lowest BCUT2D eigenvalue weighted by Crippen LogP contribution is -2.74. The molecule has 1 aromatic carbocycles. The molecule has 1 rings (SSSR count). The van der Waals surface area contributed by atoms with E-state index in [1.807, 2.05) is 0 Å². The van der Waals surface area contributed by atoms with E-state index >= 15 is 0 Å². The van der Waals surface area contributed by atoms with E-state index in [4.69, 9.17) is 9.16 Å². The van der Waals surface area contributed by atoms with Crippen LogP contribution in [-0.4, -0.2) is 74.3 Å². The third kappa shape index (κ3) is 7.87. The van der Waals surface area contributed by atoms with Crippen molar-refractivity contribution < 1.29 is 88.9 Å². The lowest BCUT2D eigenvalue weighted by atomic mass is 9.88. The molecule has 0 aliphatic heterocycles. The number of benzene rings is 1. The maximum atomic E-state index is 14.8. The summed E-state index contributed by atoms with van der Waals surface area (Å²) in [5, 5.41) is 10.2. The smallest absolute Gasteiger partial charge is 0.460 e. The van der Waals surface area contributed by atoms with Crippen LogP contribution in [0.15, 0.2) is 36.9 Å². The fraction of sp³-hybridized carbons (Fsp3) is 0.724. The molecule has 0 saturated heterocycles. The predicted molar refractivity (Wildman–Crippen MR) is 148 cm³/mol. The molecule has 0 unspecified atom stereocenters. The van der Waals surface area contributed by atoms with Gasteiger partial charge in [0.2, 0.25) is 0 Å². The summed E-state index contributed by atoms with van der Waals surface area (Å²) in [5.74, 6) is -56.6. The van der Waals surface area contributed by atoms with Crippen LogP contribution in [0.2, 0.25) is 17.1 Å². The summed E-state index contributed by atoms with van der Waals surface area (Å²) in [4.78, 5) is 0. The summed E-state index contributed by atoms with van der Waals surface area (Å²) >= 11 is 0. The molecule has 50 heavy (non-hydrogen) atoms. The second-order valence-corrected chi connectivity index (χ2v) is 17.2. The molecule has 0 spiro atoms. The maximum Gasteiger partial charge on any atom is 0.460 e. The van der Waals surface area contributed by atoms with Crippen molar-refractivity contribution in [2.75, 3.05) is 13.2 Å². The molecule has 0 radical (unpaired) electrons. The maximum absolute atomic E-state index is 14.8. The van der Waals surface area contributed by atoms with E-state index in [0.29, 0.717) is 5.56 Å². The van der Waals surface area contributed by atoms with Crippen LogP contribution in [0, 0.1) is 5.92 Å². The van der Waals surface area contributed by atoms with Crippen LogP contribution in [0.1, 0.15) is 52.7 Å². The second kappa shape index (κ2) is 15.0. The monoisotopic (exact) mass is 782 g/mol. The van der Waals surface area contributed by atoms with Crippen LogP contribution in [0.4, 0.5) is 74.6 Å². The van der Waals surface area contributed by atoms with Crippen molar-refractivity contribution in [3.63, 3.8) is 0 Å². The van der Waals surface area contributed by atoms with Gasteiger partial charge in [0, 0.05) is 12.3 Å². The highest BCUT2D eigenvalue weighted by atomic mass is 28.4. The van der Waals surface area contributed by atoms with Gasteiger partial charge in [-0.2, -0.15) is 74.6 Å². The van der Waals surface area contributed by atoms with E-state index in [1.54, 1.807) is 6.92 Å². The number of hydrogen-bond acceptors (Lipinski definition) is 3. The standard InChI is InChI=1S/C29H35F17O3Si/c1-7-18(6)21(47)19-8-10-20(11-9-19)48-13-14-49-50(16(2)3,17(4)5)15-12-22(30,31)23(32,33)24(34,35)25(36,37)26(38,39)27(40,41)28(42,43)29(44,45)46/h7-11,16-18,21,47H,1,12-15H2,2-6H3/t18-,21-/m0/s1. The molecule has 0 amide bonds. The van der Waals surface area contributed by atoms with Crippen molar-refractivity contribution >= 4 is 8.32 Å². The van der Waals surface area contributed by atoms with Gasteiger partial charge >= 0.3 is 47.6 Å². The highest BCUT2D eigenvalue weighted by Crippen LogP contribution is 2.64. The van der Waals surface area contributed by atoms with Gasteiger partial charge in [-0.15, -0.1) is 6.58 Å². The van der Waals surface area contributed by atoms with Crippen molar-refractivity contribution in [1.29, 1.82) is 0 Å². The molecule has 1 aromatic rings. The summed E-state index contributed by atoms with van der Waals surface area (Å²) in [7, 11) is -3.90. The number of aliphatic hydroxyl groups is 1. The van der Waals surface area contributed by atoms with Crippen molar-refractivity contribution in [1.82, 2.24) is 0 Å². The Labute approximate surface area is 276 Å². The first-order valence-corrected chi connectivity index (χ1v) is 16.8. The highest BCUT2D eigenvalue weighted by molar-refractivity contribution is 6.76. The minimum atomic E-state index is -8.66.